The minimum atomic E-state index is -0.750. The zero-order valence-corrected chi connectivity index (χ0v) is 18.0. The van der Waals surface area contributed by atoms with Gasteiger partial charge in [0.2, 0.25) is 0 Å². The Morgan fingerprint density at radius 2 is 1.68 bits per heavy atom. The van der Waals surface area contributed by atoms with Crippen molar-refractivity contribution in [3.8, 4) is 0 Å². The van der Waals surface area contributed by atoms with E-state index in [1.807, 2.05) is 54.6 Å². The van der Waals surface area contributed by atoms with Crippen LogP contribution in [0.3, 0.4) is 0 Å². The number of Topliss-reactive ketones (excluding diaryl/α,β-unsaturated/α-hetero) is 1. The molecule has 0 aromatic heterocycles. The van der Waals surface area contributed by atoms with E-state index in [1.54, 1.807) is 0 Å². The second kappa shape index (κ2) is 8.86. The molecule has 1 atom stereocenters. The number of aliphatic hydroxyl groups is 1. The second-order valence-electron chi connectivity index (χ2n) is 7.29. The lowest BCUT2D eigenvalue weighted by Gasteiger charge is -2.25. The number of halogens is 2. The van der Waals surface area contributed by atoms with Gasteiger partial charge in [-0.05, 0) is 53.9 Å². The molecule has 1 unspecified atom stereocenters. The maximum atomic E-state index is 13.3. The Labute approximate surface area is 187 Å². The molecule has 4 nitrogen and oxygen atoms in total. The van der Waals surface area contributed by atoms with Gasteiger partial charge in [-0.15, -0.1) is 0 Å². The summed E-state index contributed by atoms with van der Waals surface area (Å²) in [7, 11) is 0. The molecule has 1 saturated heterocycles. The van der Waals surface area contributed by atoms with Crippen molar-refractivity contribution in [2.75, 3.05) is 6.54 Å². The fraction of sp³-hybridized carbons (Fsp3) is 0.120. The van der Waals surface area contributed by atoms with E-state index in [0.29, 0.717) is 18.5 Å². The predicted molar refractivity (Wildman–Crippen MR) is 120 cm³/mol. The minimum Gasteiger partial charge on any atom is -0.507 e. The van der Waals surface area contributed by atoms with Crippen molar-refractivity contribution in [3.63, 3.8) is 0 Å². The molecule has 1 N–H and O–H groups in total. The Morgan fingerprint density at radius 1 is 0.968 bits per heavy atom. The van der Waals surface area contributed by atoms with Crippen molar-refractivity contribution in [3.05, 3.63) is 111 Å². The van der Waals surface area contributed by atoms with Gasteiger partial charge in [-0.25, -0.2) is 4.39 Å². The average Bonchev–Trinajstić information content (AvgIpc) is 3.03. The fourth-order valence-electron chi connectivity index (χ4n) is 3.79. The molecule has 1 heterocycles. The molecule has 1 amide bonds. The molecule has 0 aliphatic carbocycles. The van der Waals surface area contributed by atoms with E-state index in [-0.39, 0.29) is 16.9 Å². The first kappa shape index (κ1) is 21.0. The maximum Gasteiger partial charge on any atom is 0.295 e. The summed E-state index contributed by atoms with van der Waals surface area (Å²) in [6.45, 7) is 0.311. The Bertz CT molecular complexity index is 1160. The normalized spacial score (nSPS) is 17.9. The third kappa shape index (κ3) is 4.30. The number of aliphatic hydroxyl groups excluding tert-OH is 1. The van der Waals surface area contributed by atoms with Gasteiger partial charge in [0.05, 0.1) is 11.6 Å². The number of amides is 1. The van der Waals surface area contributed by atoms with Crippen LogP contribution in [0.15, 0.2) is 88.9 Å². The summed E-state index contributed by atoms with van der Waals surface area (Å²) < 4.78 is 14.1. The van der Waals surface area contributed by atoms with Crippen LogP contribution in [-0.2, 0) is 16.0 Å². The molecule has 4 rings (SSSR count). The summed E-state index contributed by atoms with van der Waals surface area (Å²) >= 11 is 3.44. The Balaban J connectivity index is 1.79. The SMILES string of the molecule is O=C1C(=O)N(CCc2ccccc2)C(c2cccc(Br)c2)/C1=C(\O)c1ccc(F)cc1. The minimum absolute atomic E-state index is 0.00256. The molecule has 0 radical (unpaired) electrons. The molecule has 1 aliphatic heterocycles. The van der Waals surface area contributed by atoms with Crippen LogP contribution < -0.4 is 0 Å². The van der Waals surface area contributed by atoms with Gasteiger partial charge >= 0.3 is 0 Å². The summed E-state index contributed by atoms with van der Waals surface area (Å²) in [5.41, 5.74) is 2.02. The summed E-state index contributed by atoms with van der Waals surface area (Å²) in [5, 5.41) is 10.9. The van der Waals surface area contributed by atoms with E-state index in [9.17, 15) is 19.1 Å². The first-order valence-corrected chi connectivity index (χ1v) is 10.6. The lowest BCUT2D eigenvalue weighted by atomic mass is 9.95. The number of benzene rings is 3. The number of hydrogen-bond donors (Lipinski definition) is 1. The van der Waals surface area contributed by atoms with Crippen LogP contribution in [0.5, 0.6) is 0 Å². The Hall–Kier alpha value is -3.25. The summed E-state index contributed by atoms with van der Waals surface area (Å²) in [6, 6.07) is 21.4. The third-order valence-corrected chi connectivity index (χ3v) is 5.80. The van der Waals surface area contributed by atoms with Crippen LogP contribution >= 0.6 is 15.9 Å². The molecule has 1 aliphatic rings. The fourth-order valence-corrected chi connectivity index (χ4v) is 4.21. The predicted octanol–water partition coefficient (Wildman–Crippen LogP) is 5.25. The van der Waals surface area contributed by atoms with Gasteiger partial charge < -0.3 is 10.0 Å². The van der Waals surface area contributed by atoms with Gasteiger partial charge in [0.25, 0.3) is 11.7 Å². The molecule has 3 aromatic rings. The lowest BCUT2D eigenvalue weighted by molar-refractivity contribution is -0.139. The number of hydrogen-bond acceptors (Lipinski definition) is 3. The zero-order chi connectivity index (χ0) is 22.0. The van der Waals surface area contributed by atoms with Crippen LogP contribution in [0.1, 0.15) is 22.7 Å². The largest absolute Gasteiger partial charge is 0.507 e. The molecular formula is C25H19BrFNO3. The standard InChI is InChI=1S/C25H19BrFNO3/c26-19-8-4-7-18(15-19)22-21(23(29)17-9-11-20(27)12-10-17)24(30)25(31)28(22)14-13-16-5-2-1-3-6-16/h1-12,15,22,29H,13-14H2/b23-21+. The number of carbonyl (C=O) groups excluding carboxylic acids is 2. The van der Waals surface area contributed by atoms with E-state index in [1.165, 1.54) is 29.2 Å². The van der Waals surface area contributed by atoms with Crippen molar-refractivity contribution in [1.29, 1.82) is 0 Å². The van der Waals surface area contributed by atoms with Crippen molar-refractivity contribution < 1.29 is 19.1 Å². The number of likely N-dealkylation sites (tertiary alicyclic amines) is 1. The van der Waals surface area contributed by atoms with Crippen LogP contribution in [-0.4, -0.2) is 28.2 Å². The Morgan fingerprint density at radius 3 is 2.35 bits per heavy atom. The van der Waals surface area contributed by atoms with E-state index < -0.39 is 23.5 Å². The van der Waals surface area contributed by atoms with E-state index in [0.717, 1.165) is 10.0 Å². The van der Waals surface area contributed by atoms with Crippen molar-refractivity contribution in [2.45, 2.75) is 12.5 Å². The molecule has 0 spiro atoms. The number of ketones is 1. The first-order chi connectivity index (χ1) is 15.0. The highest BCUT2D eigenvalue weighted by Crippen LogP contribution is 2.40. The molecule has 6 heteroatoms. The summed E-state index contributed by atoms with van der Waals surface area (Å²) in [5.74, 6) is -2.18. The van der Waals surface area contributed by atoms with Gasteiger partial charge in [0.15, 0.2) is 0 Å². The molecule has 31 heavy (non-hydrogen) atoms. The monoisotopic (exact) mass is 479 g/mol. The number of rotatable bonds is 5. The third-order valence-electron chi connectivity index (χ3n) is 5.31. The maximum absolute atomic E-state index is 13.3. The summed E-state index contributed by atoms with van der Waals surface area (Å²) in [6.07, 6.45) is 0.564. The van der Waals surface area contributed by atoms with Gasteiger partial charge in [0.1, 0.15) is 11.6 Å². The topological polar surface area (TPSA) is 57.6 Å². The number of carbonyl (C=O) groups is 2. The van der Waals surface area contributed by atoms with Crippen LogP contribution in [0.2, 0.25) is 0 Å². The van der Waals surface area contributed by atoms with E-state index in [4.69, 9.17) is 0 Å². The highest BCUT2D eigenvalue weighted by molar-refractivity contribution is 9.10. The Kier molecular flexibility index (Phi) is 6.00. The van der Waals surface area contributed by atoms with E-state index in [2.05, 4.69) is 15.9 Å². The smallest absolute Gasteiger partial charge is 0.295 e. The number of nitrogens with zero attached hydrogens (tertiary/aromatic N) is 1. The molecule has 0 bridgehead atoms. The van der Waals surface area contributed by atoms with Gasteiger partial charge in [-0.3, -0.25) is 9.59 Å². The van der Waals surface area contributed by atoms with Crippen molar-refractivity contribution in [1.82, 2.24) is 4.90 Å². The van der Waals surface area contributed by atoms with Gasteiger partial charge in [0, 0.05) is 16.6 Å². The van der Waals surface area contributed by atoms with Gasteiger partial charge in [-0.1, -0.05) is 58.4 Å². The molecular weight excluding hydrogens is 461 g/mol. The van der Waals surface area contributed by atoms with E-state index >= 15 is 0 Å². The molecule has 0 saturated carbocycles. The van der Waals surface area contributed by atoms with Crippen LogP contribution in [0, 0.1) is 5.82 Å². The van der Waals surface area contributed by atoms with Gasteiger partial charge in [-0.2, -0.15) is 0 Å². The van der Waals surface area contributed by atoms with Crippen LogP contribution in [0.25, 0.3) is 5.76 Å². The molecule has 156 valence electrons. The van der Waals surface area contributed by atoms with Crippen molar-refractivity contribution in [2.24, 2.45) is 0 Å². The zero-order valence-electron chi connectivity index (χ0n) is 16.5. The molecule has 3 aromatic carbocycles. The van der Waals surface area contributed by atoms with Crippen LogP contribution in [0.4, 0.5) is 4.39 Å². The quantitative estimate of drug-likeness (QED) is 0.308. The highest BCUT2D eigenvalue weighted by Gasteiger charge is 2.45. The first-order valence-electron chi connectivity index (χ1n) is 9.79. The average molecular weight is 480 g/mol. The lowest BCUT2D eigenvalue weighted by Crippen LogP contribution is -2.31. The highest BCUT2D eigenvalue weighted by atomic mass is 79.9. The van der Waals surface area contributed by atoms with Crippen molar-refractivity contribution >= 4 is 33.4 Å². The molecule has 1 fully saturated rings. The summed E-state index contributed by atoms with van der Waals surface area (Å²) in [4.78, 5) is 27.4. The second-order valence-corrected chi connectivity index (χ2v) is 8.21.